The van der Waals surface area contributed by atoms with E-state index in [0.717, 1.165) is 32.1 Å². The van der Waals surface area contributed by atoms with Crippen LogP contribution in [-0.4, -0.2) is 48.8 Å². The average Bonchev–Trinajstić information content (AvgIpc) is 3.55. The maximum absolute atomic E-state index is 13.3. The molecule has 0 fully saturated rings. The van der Waals surface area contributed by atoms with E-state index in [1.807, 2.05) is 13.8 Å². The summed E-state index contributed by atoms with van der Waals surface area (Å²) in [6.07, 6.45) is 24.3. The minimum Gasteiger partial charge on any atom is -0.356 e. The van der Waals surface area contributed by atoms with Crippen molar-refractivity contribution in [2.75, 3.05) is 13.1 Å². The number of amides is 4. The lowest BCUT2D eigenvalue weighted by Gasteiger charge is -2.25. The second kappa shape index (κ2) is 25.5. The second-order valence-electron chi connectivity index (χ2n) is 12.5. The van der Waals surface area contributed by atoms with Gasteiger partial charge < -0.3 is 21.3 Å². The van der Waals surface area contributed by atoms with Gasteiger partial charge in [-0.2, -0.15) is 0 Å². The van der Waals surface area contributed by atoms with Crippen LogP contribution in [0.25, 0.3) is 0 Å². The molecule has 0 unspecified atom stereocenters. The van der Waals surface area contributed by atoms with Gasteiger partial charge >= 0.3 is 0 Å². The molecule has 0 saturated heterocycles. The fraction of sp³-hybridized carbons (Fsp3) is 0.750. The predicted octanol–water partition coefficient (Wildman–Crippen LogP) is 6.56. The lowest BCUT2D eigenvalue weighted by atomic mass is 10.0. The number of nitrogens with one attached hydrogen (secondary N) is 4. The average molecular weight is 615 g/mol. The first kappa shape index (κ1) is 39.2. The van der Waals surface area contributed by atoms with Crippen LogP contribution in [0.3, 0.4) is 0 Å². The van der Waals surface area contributed by atoms with Crippen LogP contribution in [-0.2, 0) is 19.2 Å². The minimum atomic E-state index is -0.867. The molecule has 0 radical (unpaired) electrons. The Bertz CT molecular complexity index is 936. The van der Waals surface area contributed by atoms with Crippen LogP contribution in [0.15, 0.2) is 29.5 Å². The van der Waals surface area contributed by atoms with Crippen molar-refractivity contribution in [3.63, 3.8) is 0 Å². The Balaban J connectivity index is 2.60. The first-order valence-electron chi connectivity index (χ1n) is 17.6. The molecule has 1 aliphatic carbocycles. The molecule has 0 heterocycles. The summed E-state index contributed by atoms with van der Waals surface area (Å²) >= 11 is 0. The number of allylic oxidation sites excluding steroid dienone is 1. The van der Waals surface area contributed by atoms with Gasteiger partial charge in [0.05, 0.1) is 5.57 Å². The van der Waals surface area contributed by atoms with Crippen molar-refractivity contribution >= 4 is 23.6 Å². The van der Waals surface area contributed by atoms with E-state index in [-0.39, 0.29) is 36.5 Å². The van der Waals surface area contributed by atoms with Gasteiger partial charge in [-0.15, -0.1) is 5.73 Å². The molecule has 44 heavy (non-hydrogen) atoms. The molecule has 0 aromatic heterocycles. The standard InChI is InChI=1S/C36H62N4O4/c1-5-7-9-11-13-15-17-21-27-37-32(41)26-25-31(35(43)38-28-22-18-16-14-12-10-8-6-2)39-36(44)33(29(3)4)40-34(42)30-23-19-20-24-30/h19-20,23,29,31,33H,5-18,21-22,25-28H2,1-4H3,(H,37,41)(H,38,43)(H,39,44)(H,40,42)/t31-,33-/m0/s1. The summed E-state index contributed by atoms with van der Waals surface area (Å²) in [5.74, 6) is -1.45. The zero-order chi connectivity index (χ0) is 32.4. The Morgan fingerprint density at radius 1 is 0.682 bits per heavy atom. The zero-order valence-corrected chi connectivity index (χ0v) is 28.2. The van der Waals surface area contributed by atoms with E-state index in [2.05, 4.69) is 40.8 Å². The second-order valence-corrected chi connectivity index (χ2v) is 12.5. The lowest BCUT2D eigenvalue weighted by molar-refractivity contribution is -0.132. The molecule has 250 valence electrons. The molecule has 8 heteroatoms. The van der Waals surface area contributed by atoms with Gasteiger partial charge in [-0.3, -0.25) is 19.2 Å². The van der Waals surface area contributed by atoms with Gasteiger partial charge in [-0.1, -0.05) is 124 Å². The van der Waals surface area contributed by atoms with Crippen molar-refractivity contribution < 1.29 is 19.2 Å². The molecule has 4 N–H and O–H groups in total. The summed E-state index contributed by atoms with van der Waals surface area (Å²) < 4.78 is 0. The van der Waals surface area contributed by atoms with Gasteiger partial charge in [0.25, 0.3) is 5.91 Å². The monoisotopic (exact) mass is 614 g/mol. The summed E-state index contributed by atoms with van der Waals surface area (Å²) in [5, 5.41) is 11.5. The number of carbonyl (C=O) groups is 4. The number of unbranched alkanes of at least 4 members (excludes halogenated alkanes) is 14. The fourth-order valence-electron chi connectivity index (χ4n) is 5.20. The summed E-state index contributed by atoms with van der Waals surface area (Å²) in [6, 6.07) is -1.70. The molecule has 0 spiro atoms. The molecule has 0 aromatic carbocycles. The summed E-state index contributed by atoms with van der Waals surface area (Å²) in [6.45, 7) is 9.27. The predicted molar refractivity (Wildman–Crippen MR) is 180 cm³/mol. The van der Waals surface area contributed by atoms with Gasteiger partial charge in [0.15, 0.2) is 0 Å². The third kappa shape index (κ3) is 18.7. The Hall–Kier alpha value is -2.86. The van der Waals surface area contributed by atoms with Crippen LogP contribution in [0.5, 0.6) is 0 Å². The van der Waals surface area contributed by atoms with Gasteiger partial charge in [-0.05, 0) is 37.3 Å². The highest BCUT2D eigenvalue weighted by Crippen LogP contribution is 2.11. The van der Waals surface area contributed by atoms with Gasteiger partial charge in [-0.25, -0.2) is 0 Å². The highest BCUT2D eigenvalue weighted by molar-refractivity contribution is 6.00. The molecule has 0 bridgehead atoms. The number of carbonyl (C=O) groups excluding carboxylic acids is 4. The van der Waals surface area contributed by atoms with Crippen LogP contribution >= 0.6 is 0 Å². The number of rotatable bonds is 27. The van der Waals surface area contributed by atoms with Crippen LogP contribution in [0.1, 0.15) is 143 Å². The number of hydrogen-bond acceptors (Lipinski definition) is 4. The minimum absolute atomic E-state index is 0.122. The zero-order valence-electron chi connectivity index (χ0n) is 28.2. The van der Waals surface area contributed by atoms with Crippen molar-refractivity contribution in [3.8, 4) is 0 Å². The third-order valence-corrected chi connectivity index (χ3v) is 8.05. The fourth-order valence-corrected chi connectivity index (χ4v) is 5.20. The van der Waals surface area contributed by atoms with E-state index in [1.54, 1.807) is 18.2 Å². The highest BCUT2D eigenvalue weighted by Gasteiger charge is 2.29. The largest absolute Gasteiger partial charge is 0.356 e. The Morgan fingerprint density at radius 2 is 1.20 bits per heavy atom. The summed E-state index contributed by atoms with van der Waals surface area (Å²) in [5.41, 5.74) is 3.21. The van der Waals surface area contributed by atoms with E-state index in [1.165, 1.54) is 70.6 Å². The van der Waals surface area contributed by atoms with Crippen molar-refractivity contribution in [1.82, 2.24) is 21.3 Å². The van der Waals surface area contributed by atoms with E-state index < -0.39 is 18.0 Å². The van der Waals surface area contributed by atoms with E-state index in [0.29, 0.717) is 18.7 Å². The van der Waals surface area contributed by atoms with Gasteiger partial charge in [0.1, 0.15) is 12.1 Å². The smallest absolute Gasteiger partial charge is 0.259 e. The molecule has 0 aromatic rings. The molecular formula is C36H62N4O4. The molecular weight excluding hydrogens is 552 g/mol. The van der Waals surface area contributed by atoms with Crippen molar-refractivity contribution in [3.05, 3.63) is 29.5 Å². The molecule has 4 amide bonds. The SMILES string of the molecule is CCCCCCCCCCNC(=O)CC[C@H](NC(=O)[C@@H](NC(=O)C1=C=CC=C1)C(C)C)C(=O)NCCCCCCCCCC. The molecule has 1 aliphatic rings. The van der Waals surface area contributed by atoms with Crippen molar-refractivity contribution in [2.24, 2.45) is 5.92 Å². The first-order chi connectivity index (χ1) is 21.3. The molecule has 0 aliphatic heterocycles. The maximum Gasteiger partial charge on any atom is 0.259 e. The van der Waals surface area contributed by atoms with Crippen LogP contribution < -0.4 is 21.3 Å². The number of hydrogen-bond donors (Lipinski definition) is 4. The van der Waals surface area contributed by atoms with E-state index in [9.17, 15) is 19.2 Å². The van der Waals surface area contributed by atoms with Crippen LogP contribution in [0, 0.1) is 5.92 Å². The first-order valence-corrected chi connectivity index (χ1v) is 17.6. The van der Waals surface area contributed by atoms with Crippen molar-refractivity contribution in [2.45, 2.75) is 155 Å². The normalized spacial score (nSPS) is 13.4. The van der Waals surface area contributed by atoms with Crippen LogP contribution in [0.2, 0.25) is 0 Å². The van der Waals surface area contributed by atoms with Crippen molar-refractivity contribution in [1.29, 1.82) is 0 Å². The summed E-state index contributed by atoms with van der Waals surface area (Å²) in [4.78, 5) is 51.7. The van der Waals surface area contributed by atoms with E-state index >= 15 is 0 Å². The summed E-state index contributed by atoms with van der Waals surface area (Å²) in [7, 11) is 0. The Morgan fingerprint density at radius 3 is 1.70 bits per heavy atom. The quantitative estimate of drug-likeness (QED) is 0.0620. The maximum atomic E-state index is 13.3. The molecule has 0 saturated carbocycles. The molecule has 1 rings (SSSR count). The van der Waals surface area contributed by atoms with Crippen LogP contribution in [0.4, 0.5) is 0 Å². The topological polar surface area (TPSA) is 116 Å². The molecule has 2 atom stereocenters. The Labute approximate surface area is 267 Å². The van der Waals surface area contributed by atoms with Gasteiger partial charge in [0.2, 0.25) is 17.7 Å². The van der Waals surface area contributed by atoms with E-state index in [4.69, 9.17) is 0 Å². The third-order valence-electron chi connectivity index (χ3n) is 8.05. The van der Waals surface area contributed by atoms with Gasteiger partial charge in [0, 0.05) is 19.5 Å². The highest BCUT2D eigenvalue weighted by atomic mass is 16.2. The molecule has 8 nitrogen and oxygen atoms in total. The lowest BCUT2D eigenvalue weighted by Crippen LogP contribution is -2.55. The Kier molecular flexibility index (Phi) is 22.7.